The third-order valence-corrected chi connectivity index (χ3v) is 3.05. The van der Waals surface area contributed by atoms with Gasteiger partial charge in [0, 0.05) is 12.8 Å². The van der Waals surface area contributed by atoms with Crippen molar-refractivity contribution in [2.24, 2.45) is 5.73 Å². The molecule has 0 aliphatic carbocycles. The summed E-state index contributed by atoms with van der Waals surface area (Å²) in [6, 6.07) is 2.46. The maximum absolute atomic E-state index is 12.1. The van der Waals surface area contributed by atoms with E-state index in [1.807, 2.05) is 0 Å². The Balaban J connectivity index is 2.00. The highest BCUT2D eigenvalue weighted by Gasteiger charge is 2.29. The second-order valence-electron chi connectivity index (χ2n) is 4.63. The maximum Gasteiger partial charge on any atom is 0.274 e. The van der Waals surface area contributed by atoms with E-state index in [4.69, 9.17) is 15.2 Å². The summed E-state index contributed by atoms with van der Waals surface area (Å²) in [5.74, 6) is -1.31. The van der Waals surface area contributed by atoms with Gasteiger partial charge in [0.1, 0.15) is 12.4 Å². The Bertz CT molecular complexity index is 522. The molecule has 2 heterocycles. The molecule has 1 aromatic heterocycles. The van der Waals surface area contributed by atoms with E-state index < -0.39 is 17.9 Å². The number of carbonyl (C=O) groups excluding carboxylic acids is 2. The number of hydrogen-bond acceptors (Lipinski definition) is 6. The second kappa shape index (κ2) is 7.00. The van der Waals surface area contributed by atoms with Crippen LogP contribution in [0.3, 0.4) is 0 Å². The molecule has 0 radical (unpaired) electrons. The van der Waals surface area contributed by atoms with Gasteiger partial charge < -0.3 is 25.6 Å². The molecule has 2 atom stereocenters. The highest BCUT2D eigenvalue weighted by Crippen LogP contribution is 2.15. The van der Waals surface area contributed by atoms with Gasteiger partial charge in [-0.25, -0.2) is 4.98 Å². The summed E-state index contributed by atoms with van der Waals surface area (Å²) in [4.78, 5) is 26.7. The normalized spacial score (nSPS) is 21.7. The van der Waals surface area contributed by atoms with E-state index in [-0.39, 0.29) is 30.8 Å². The van der Waals surface area contributed by atoms with Crippen LogP contribution in [0.5, 0.6) is 5.75 Å². The summed E-state index contributed by atoms with van der Waals surface area (Å²) >= 11 is 0. The van der Waals surface area contributed by atoms with Gasteiger partial charge in [-0.1, -0.05) is 0 Å². The minimum atomic E-state index is -0.575. The Hall–Kier alpha value is -2.19. The standard InChI is InChI=1S/C13H17N3O5/c14-11(18)7-21-10-3-5-20-6-8(10)16-13(19)12-9(17)2-1-4-15-12/h1-2,4,8,10,17H,3,5-7H2,(H2,14,18)(H,16,19)/t8-,10+/m1/s1. The first-order valence-corrected chi connectivity index (χ1v) is 6.50. The molecular formula is C13H17N3O5. The number of hydrogen-bond donors (Lipinski definition) is 3. The molecule has 0 saturated carbocycles. The number of carbonyl (C=O) groups is 2. The first kappa shape index (κ1) is 15.2. The van der Waals surface area contributed by atoms with Crippen molar-refractivity contribution < 1.29 is 24.2 Å². The van der Waals surface area contributed by atoms with Gasteiger partial charge in [-0.15, -0.1) is 0 Å². The van der Waals surface area contributed by atoms with Crippen molar-refractivity contribution in [2.45, 2.75) is 18.6 Å². The Morgan fingerprint density at radius 2 is 2.38 bits per heavy atom. The molecule has 1 aliphatic heterocycles. The smallest absolute Gasteiger partial charge is 0.274 e. The number of nitrogens with zero attached hydrogens (tertiary/aromatic N) is 1. The van der Waals surface area contributed by atoms with E-state index in [1.165, 1.54) is 18.3 Å². The summed E-state index contributed by atoms with van der Waals surface area (Å²) in [7, 11) is 0. The lowest BCUT2D eigenvalue weighted by atomic mass is 10.1. The van der Waals surface area contributed by atoms with Gasteiger partial charge in [0.2, 0.25) is 5.91 Å². The lowest BCUT2D eigenvalue weighted by Gasteiger charge is -2.31. The molecule has 1 saturated heterocycles. The van der Waals surface area contributed by atoms with E-state index in [0.717, 1.165) is 0 Å². The number of ether oxygens (including phenoxy) is 2. The predicted octanol–water partition coefficient (Wildman–Crippen LogP) is -0.824. The van der Waals surface area contributed by atoms with Gasteiger partial charge in [-0.3, -0.25) is 9.59 Å². The number of amides is 2. The highest BCUT2D eigenvalue weighted by molar-refractivity contribution is 5.94. The third kappa shape index (κ3) is 4.14. The van der Waals surface area contributed by atoms with Crippen LogP contribution in [0.2, 0.25) is 0 Å². The van der Waals surface area contributed by atoms with Gasteiger partial charge in [-0.2, -0.15) is 0 Å². The highest BCUT2D eigenvalue weighted by atomic mass is 16.5. The van der Waals surface area contributed by atoms with Crippen molar-refractivity contribution in [3.8, 4) is 5.75 Å². The van der Waals surface area contributed by atoms with E-state index in [0.29, 0.717) is 13.0 Å². The average Bonchev–Trinajstić information content (AvgIpc) is 2.46. The van der Waals surface area contributed by atoms with Gasteiger partial charge in [-0.05, 0) is 18.6 Å². The van der Waals surface area contributed by atoms with Gasteiger partial charge >= 0.3 is 0 Å². The van der Waals surface area contributed by atoms with Crippen LogP contribution in [-0.4, -0.2) is 53.9 Å². The predicted molar refractivity (Wildman–Crippen MR) is 71.5 cm³/mol. The number of nitrogens with one attached hydrogen (secondary N) is 1. The minimum absolute atomic E-state index is 0.0725. The van der Waals surface area contributed by atoms with Crippen molar-refractivity contribution in [3.63, 3.8) is 0 Å². The summed E-state index contributed by atoms with van der Waals surface area (Å²) in [6.07, 6.45) is 1.57. The van der Waals surface area contributed by atoms with Crippen molar-refractivity contribution in [1.82, 2.24) is 10.3 Å². The van der Waals surface area contributed by atoms with E-state index in [9.17, 15) is 14.7 Å². The van der Waals surface area contributed by atoms with Crippen molar-refractivity contribution in [1.29, 1.82) is 0 Å². The molecular weight excluding hydrogens is 278 g/mol. The number of primary amides is 1. The van der Waals surface area contributed by atoms with Gasteiger partial charge in [0.25, 0.3) is 5.91 Å². The molecule has 1 aliphatic rings. The molecule has 0 bridgehead atoms. The third-order valence-electron chi connectivity index (χ3n) is 3.05. The van der Waals surface area contributed by atoms with E-state index in [2.05, 4.69) is 10.3 Å². The maximum atomic E-state index is 12.1. The fraction of sp³-hybridized carbons (Fsp3) is 0.462. The minimum Gasteiger partial charge on any atom is -0.505 e. The molecule has 0 unspecified atom stereocenters. The van der Waals surface area contributed by atoms with Crippen LogP contribution in [0.15, 0.2) is 18.3 Å². The Morgan fingerprint density at radius 1 is 1.57 bits per heavy atom. The van der Waals surface area contributed by atoms with Crippen LogP contribution in [-0.2, 0) is 14.3 Å². The van der Waals surface area contributed by atoms with Crippen LogP contribution in [0.4, 0.5) is 0 Å². The van der Waals surface area contributed by atoms with Gasteiger partial charge in [0.15, 0.2) is 5.69 Å². The zero-order valence-electron chi connectivity index (χ0n) is 11.3. The van der Waals surface area contributed by atoms with Crippen molar-refractivity contribution in [3.05, 3.63) is 24.0 Å². The fourth-order valence-corrected chi connectivity index (χ4v) is 2.05. The van der Waals surface area contributed by atoms with Gasteiger partial charge in [0.05, 0.1) is 18.8 Å². The molecule has 0 spiro atoms. The molecule has 21 heavy (non-hydrogen) atoms. The fourth-order valence-electron chi connectivity index (χ4n) is 2.05. The number of rotatable bonds is 5. The number of aromatic hydroxyl groups is 1. The molecule has 114 valence electrons. The largest absolute Gasteiger partial charge is 0.505 e. The lowest BCUT2D eigenvalue weighted by Crippen LogP contribution is -2.51. The first-order valence-electron chi connectivity index (χ1n) is 6.50. The zero-order valence-corrected chi connectivity index (χ0v) is 11.3. The van der Waals surface area contributed by atoms with Crippen LogP contribution in [0, 0.1) is 0 Å². The van der Waals surface area contributed by atoms with Crippen LogP contribution in [0.1, 0.15) is 16.9 Å². The van der Waals surface area contributed by atoms with Crippen LogP contribution in [0.25, 0.3) is 0 Å². The Kier molecular flexibility index (Phi) is 5.07. The first-order chi connectivity index (χ1) is 10.1. The zero-order chi connectivity index (χ0) is 15.2. The molecule has 2 amide bonds. The van der Waals surface area contributed by atoms with E-state index >= 15 is 0 Å². The Morgan fingerprint density at radius 3 is 3.10 bits per heavy atom. The molecule has 1 fully saturated rings. The van der Waals surface area contributed by atoms with Crippen molar-refractivity contribution in [2.75, 3.05) is 19.8 Å². The second-order valence-corrected chi connectivity index (χ2v) is 4.63. The van der Waals surface area contributed by atoms with Crippen LogP contribution >= 0.6 is 0 Å². The molecule has 4 N–H and O–H groups in total. The summed E-state index contributed by atoms with van der Waals surface area (Å²) in [6.45, 7) is 0.513. The molecule has 8 heteroatoms. The summed E-state index contributed by atoms with van der Waals surface area (Å²) in [5, 5.41) is 12.3. The quantitative estimate of drug-likeness (QED) is 0.652. The van der Waals surface area contributed by atoms with Crippen LogP contribution < -0.4 is 11.1 Å². The summed E-state index contributed by atoms with van der Waals surface area (Å²) in [5.41, 5.74) is 4.97. The monoisotopic (exact) mass is 295 g/mol. The Labute approximate surface area is 121 Å². The topological polar surface area (TPSA) is 124 Å². The average molecular weight is 295 g/mol. The SMILES string of the molecule is NC(=O)CO[C@H]1CCOC[C@H]1NC(=O)c1ncccc1O. The van der Waals surface area contributed by atoms with E-state index in [1.54, 1.807) is 0 Å². The number of nitrogens with two attached hydrogens (primary N) is 1. The number of aromatic nitrogens is 1. The number of pyridine rings is 1. The summed E-state index contributed by atoms with van der Waals surface area (Å²) < 4.78 is 10.7. The molecule has 0 aromatic carbocycles. The lowest BCUT2D eigenvalue weighted by molar-refractivity contribution is -0.128. The van der Waals surface area contributed by atoms with Crippen molar-refractivity contribution >= 4 is 11.8 Å². The molecule has 2 rings (SSSR count). The molecule has 1 aromatic rings. The molecule has 8 nitrogen and oxygen atoms in total.